The first-order chi connectivity index (χ1) is 30.7. The molecule has 0 unspecified atom stereocenters. The molecule has 291 valence electrons. The van der Waals surface area contributed by atoms with Crippen LogP contribution >= 0.6 is 0 Å². The van der Waals surface area contributed by atoms with E-state index in [-0.39, 0.29) is 48.9 Å². The predicted octanol–water partition coefficient (Wildman–Crippen LogP) is 13.3. The summed E-state index contributed by atoms with van der Waals surface area (Å²) in [7, 11) is 0. The molecule has 4 aromatic heterocycles. The van der Waals surface area contributed by atoms with Crippen LogP contribution in [-0.2, 0) is 44.7 Å². The number of hydrogen-bond donors (Lipinski definition) is 0. The van der Waals surface area contributed by atoms with Crippen molar-refractivity contribution in [2.24, 2.45) is 5.41 Å². The summed E-state index contributed by atoms with van der Waals surface area (Å²) in [4.78, 5) is 13.1. The molecular formula is C52H51IrN3O-2. The number of rotatable bonds is 7. The van der Waals surface area contributed by atoms with Gasteiger partial charge in [0.05, 0.1) is 5.58 Å². The normalized spacial score (nSPS) is 15.1. The van der Waals surface area contributed by atoms with Crippen molar-refractivity contribution in [1.29, 1.82) is 0 Å². The Balaban J connectivity index is 0.000000224. The van der Waals surface area contributed by atoms with Crippen LogP contribution in [0.1, 0.15) is 88.8 Å². The first-order valence-electron chi connectivity index (χ1n) is 23.6. The third-order valence-corrected chi connectivity index (χ3v) is 9.21. The van der Waals surface area contributed by atoms with E-state index in [0.717, 1.165) is 33.2 Å². The number of hydrogen-bond acceptors (Lipinski definition) is 4. The fraction of sp³-hybridized carbons (Fsp3) is 0.250. The summed E-state index contributed by atoms with van der Waals surface area (Å²) in [6, 6.07) is 40.5. The van der Waals surface area contributed by atoms with Crippen LogP contribution in [0.15, 0.2) is 132 Å². The molecule has 0 atom stereocenters. The summed E-state index contributed by atoms with van der Waals surface area (Å²) in [6.07, 6.45) is 0.535. The average Bonchev–Trinajstić information content (AvgIpc) is 3.64. The van der Waals surface area contributed by atoms with Gasteiger partial charge >= 0.3 is 0 Å². The van der Waals surface area contributed by atoms with Crippen molar-refractivity contribution in [3.05, 3.63) is 173 Å². The largest absolute Gasteiger partial charge is 0.486 e. The van der Waals surface area contributed by atoms with Gasteiger partial charge in [0.1, 0.15) is 0 Å². The van der Waals surface area contributed by atoms with Gasteiger partial charge in [-0.3, -0.25) is 0 Å². The molecule has 0 fully saturated rings. The van der Waals surface area contributed by atoms with E-state index in [2.05, 4.69) is 47.9 Å². The number of aromatic nitrogens is 3. The maximum absolute atomic E-state index is 8.75. The van der Waals surface area contributed by atoms with E-state index in [1.54, 1.807) is 36.7 Å². The zero-order valence-electron chi connectivity index (χ0n) is 42.9. The van der Waals surface area contributed by atoms with Crippen molar-refractivity contribution >= 4 is 22.1 Å². The molecule has 0 saturated carbocycles. The van der Waals surface area contributed by atoms with Crippen LogP contribution in [0.25, 0.3) is 55.7 Å². The maximum Gasteiger partial charge on any atom is 0.216 e. The Kier molecular flexibility index (Phi) is 9.20. The van der Waals surface area contributed by atoms with Gasteiger partial charge in [0, 0.05) is 57.3 Å². The van der Waals surface area contributed by atoms with Gasteiger partial charge in [-0.05, 0) is 100 Å². The van der Waals surface area contributed by atoms with Crippen LogP contribution in [0.5, 0.6) is 0 Å². The van der Waals surface area contributed by atoms with E-state index in [9.17, 15) is 0 Å². The van der Waals surface area contributed by atoms with E-state index in [0.29, 0.717) is 39.0 Å². The van der Waals surface area contributed by atoms with Gasteiger partial charge in [0.15, 0.2) is 0 Å². The van der Waals surface area contributed by atoms with Crippen LogP contribution in [0.2, 0.25) is 0 Å². The Morgan fingerprint density at radius 2 is 1.44 bits per heavy atom. The molecule has 4 nitrogen and oxygen atoms in total. The van der Waals surface area contributed by atoms with E-state index in [4.69, 9.17) is 18.1 Å². The molecule has 4 heterocycles. The molecule has 1 radical (unpaired) electrons. The number of pyridine rings is 3. The molecule has 0 aliphatic carbocycles. The van der Waals surface area contributed by atoms with Gasteiger partial charge in [-0.15, -0.1) is 53.6 Å². The minimum atomic E-state index is -2.33. The van der Waals surface area contributed by atoms with Crippen molar-refractivity contribution in [3.8, 4) is 33.6 Å². The molecule has 0 amide bonds. The summed E-state index contributed by atoms with van der Waals surface area (Å²) in [5, 5.41) is 1.50. The Hall–Kier alpha value is -5.22. The monoisotopic (exact) mass is 936 g/mol. The second-order valence-electron chi connectivity index (χ2n) is 15.9. The standard InChI is InChI=1S/C29H27N2O.C23H24N.Ir/c1-19-8-15-24-23-6-5-7-25(27(23)32-28(24)31-19)26-18-21(16-17-30-26)10-9-20-11-13-22(14-12-20)29(2,3)4;1-17-5-9-20(10-6-17)22-15-21(13-14-24-22)19-11-7-18(8-12-19)16-23(2,3)4;/h5-6,8,11-18H,9-10H2,1-4H3;5-9,11-15H,16H2,1-4H3;/q2*-1;/i1D3,9D2;1D3,16D2;. The van der Waals surface area contributed by atoms with Gasteiger partial charge in [-0.2, -0.15) is 0 Å². The molecule has 0 aliphatic rings. The van der Waals surface area contributed by atoms with Crippen LogP contribution < -0.4 is 0 Å². The summed E-state index contributed by atoms with van der Waals surface area (Å²) in [5.74, 6) is 0. The van der Waals surface area contributed by atoms with Gasteiger partial charge < -0.3 is 14.4 Å². The third-order valence-electron chi connectivity index (χ3n) is 9.21. The minimum Gasteiger partial charge on any atom is -0.486 e. The first kappa shape index (κ1) is 29.9. The third kappa shape index (κ3) is 10.4. The topological polar surface area (TPSA) is 51.8 Å². The zero-order valence-corrected chi connectivity index (χ0v) is 35.3. The molecule has 8 aromatic rings. The van der Waals surface area contributed by atoms with Crippen LogP contribution in [0, 0.1) is 31.3 Å². The summed E-state index contributed by atoms with van der Waals surface area (Å²) in [6.45, 7) is 7.61. The summed E-state index contributed by atoms with van der Waals surface area (Å²) in [5.41, 5.74) is 8.25. The Morgan fingerprint density at radius 1 is 0.684 bits per heavy atom. The smallest absolute Gasteiger partial charge is 0.216 e. The maximum atomic E-state index is 8.75. The molecule has 5 heteroatoms. The van der Waals surface area contributed by atoms with Gasteiger partial charge in [0.2, 0.25) is 5.71 Å². The van der Waals surface area contributed by atoms with Crippen molar-refractivity contribution in [2.45, 2.75) is 79.8 Å². The fourth-order valence-electron chi connectivity index (χ4n) is 6.35. The number of fused-ring (bicyclic) bond motifs is 3. The van der Waals surface area contributed by atoms with Crippen LogP contribution in [0.4, 0.5) is 0 Å². The second kappa shape index (κ2) is 17.5. The van der Waals surface area contributed by atoms with E-state index >= 15 is 0 Å². The predicted molar refractivity (Wildman–Crippen MR) is 233 cm³/mol. The molecular weight excluding hydrogens is 875 g/mol. The first-order valence-corrected chi connectivity index (χ1v) is 18.6. The van der Waals surface area contributed by atoms with Crippen molar-refractivity contribution < 1.29 is 38.2 Å². The Morgan fingerprint density at radius 3 is 2.14 bits per heavy atom. The van der Waals surface area contributed by atoms with Crippen LogP contribution in [0.3, 0.4) is 0 Å². The van der Waals surface area contributed by atoms with Crippen molar-refractivity contribution in [1.82, 2.24) is 15.0 Å². The quantitative estimate of drug-likeness (QED) is 0.149. The number of furan rings is 1. The van der Waals surface area contributed by atoms with Gasteiger partial charge in [-0.25, -0.2) is 4.98 Å². The average molecular weight is 936 g/mol. The Labute approximate surface area is 366 Å². The molecule has 8 rings (SSSR count). The van der Waals surface area contributed by atoms with Gasteiger partial charge in [0.25, 0.3) is 0 Å². The van der Waals surface area contributed by atoms with E-state index < -0.39 is 31.9 Å². The van der Waals surface area contributed by atoms with Crippen LogP contribution in [-0.4, -0.2) is 15.0 Å². The minimum absolute atomic E-state index is 0. The zero-order chi connectivity index (χ0) is 48.0. The SMILES string of the molecule is [2H]C([2H])([2H])c1c[c-]c(-c2cc(-c3ccc(C([2H])([2H])C(C)(C)C)cc3)ccn2)cc1.[2H]C([2H])([2H])c1ccc2c(n1)oc1c(-c3cc(CC([2H])([2H])c4ccc(C(C)(C)C)cc4)ccn3)[c-]ccc12.[Ir]. The second-order valence-corrected chi connectivity index (χ2v) is 15.9. The van der Waals surface area contributed by atoms with Gasteiger partial charge in [-0.1, -0.05) is 126 Å². The number of aryl methyl sites for hydroxylation is 4. The molecule has 57 heavy (non-hydrogen) atoms. The van der Waals surface area contributed by atoms with Crippen molar-refractivity contribution in [3.63, 3.8) is 0 Å². The number of nitrogens with zero attached hydrogens (tertiary/aromatic N) is 3. The number of benzene rings is 4. The Bertz CT molecular complexity index is 2980. The molecule has 4 aromatic carbocycles. The van der Waals surface area contributed by atoms with E-state index in [1.165, 1.54) is 12.1 Å². The summed E-state index contributed by atoms with van der Waals surface area (Å²) >= 11 is 0. The molecule has 0 bridgehead atoms. The molecule has 0 spiro atoms. The van der Waals surface area contributed by atoms with Crippen molar-refractivity contribution in [2.75, 3.05) is 0 Å². The molecule has 0 saturated heterocycles. The van der Waals surface area contributed by atoms with E-state index in [1.807, 2.05) is 99.6 Å². The summed E-state index contributed by atoms with van der Waals surface area (Å²) < 4.78 is 85.6. The molecule has 0 aliphatic heterocycles. The fourth-order valence-corrected chi connectivity index (χ4v) is 6.35. The molecule has 0 N–H and O–H groups in total.